The lowest BCUT2D eigenvalue weighted by Gasteiger charge is -2.23. The number of nitrogens with zero attached hydrogens (tertiary/aromatic N) is 4. The summed E-state index contributed by atoms with van der Waals surface area (Å²) in [5.41, 5.74) is 4.57. The van der Waals surface area contributed by atoms with Gasteiger partial charge in [0.15, 0.2) is 0 Å². The van der Waals surface area contributed by atoms with Crippen LogP contribution in [-0.4, -0.2) is 63.0 Å². The summed E-state index contributed by atoms with van der Waals surface area (Å²) in [6, 6.07) is 14.0. The van der Waals surface area contributed by atoms with E-state index in [9.17, 15) is 9.59 Å². The van der Waals surface area contributed by atoms with Gasteiger partial charge in [0.1, 0.15) is 5.69 Å². The van der Waals surface area contributed by atoms with Crippen molar-refractivity contribution in [2.75, 3.05) is 26.2 Å². The van der Waals surface area contributed by atoms with Crippen LogP contribution in [0.5, 0.6) is 0 Å². The number of nitrogens with one attached hydrogen (secondary N) is 1. The minimum Gasteiger partial charge on any atom is -0.341 e. The molecule has 1 aliphatic rings. The van der Waals surface area contributed by atoms with Crippen molar-refractivity contribution >= 4 is 11.8 Å². The highest BCUT2D eigenvalue weighted by Gasteiger charge is 2.32. The summed E-state index contributed by atoms with van der Waals surface area (Å²) >= 11 is 0. The SMILES string of the molecule is CCN1CCN(C(=O)c2cc(C(C)C)[nH]n2)CC(Cc2ccc(-c3cccnc3)cc2)C1=O. The van der Waals surface area contributed by atoms with Gasteiger partial charge in [0, 0.05) is 44.3 Å². The summed E-state index contributed by atoms with van der Waals surface area (Å²) in [5, 5.41) is 7.19. The van der Waals surface area contributed by atoms with Crippen LogP contribution in [0.25, 0.3) is 11.1 Å². The zero-order valence-corrected chi connectivity index (χ0v) is 19.5. The maximum atomic E-state index is 13.2. The Balaban J connectivity index is 1.52. The smallest absolute Gasteiger partial charge is 0.274 e. The van der Waals surface area contributed by atoms with Gasteiger partial charge in [-0.15, -0.1) is 0 Å². The molecule has 1 aliphatic heterocycles. The Morgan fingerprint density at radius 3 is 2.58 bits per heavy atom. The highest BCUT2D eigenvalue weighted by molar-refractivity contribution is 5.93. The number of aromatic nitrogens is 3. The fourth-order valence-corrected chi connectivity index (χ4v) is 4.25. The zero-order valence-electron chi connectivity index (χ0n) is 19.5. The number of H-pyrrole nitrogens is 1. The number of hydrogen-bond acceptors (Lipinski definition) is 4. The van der Waals surface area contributed by atoms with Gasteiger partial charge in [0.05, 0.1) is 5.92 Å². The van der Waals surface area contributed by atoms with E-state index in [-0.39, 0.29) is 23.7 Å². The zero-order chi connectivity index (χ0) is 23.4. The summed E-state index contributed by atoms with van der Waals surface area (Å²) in [4.78, 5) is 34.2. The molecule has 1 aromatic carbocycles. The Morgan fingerprint density at radius 2 is 1.94 bits per heavy atom. The summed E-state index contributed by atoms with van der Waals surface area (Å²) in [6.45, 7) is 8.18. The van der Waals surface area contributed by atoms with Crippen molar-refractivity contribution in [1.82, 2.24) is 25.0 Å². The molecule has 33 heavy (non-hydrogen) atoms. The van der Waals surface area contributed by atoms with Crippen molar-refractivity contribution in [3.63, 3.8) is 0 Å². The van der Waals surface area contributed by atoms with E-state index in [0.29, 0.717) is 38.3 Å². The fourth-order valence-electron chi connectivity index (χ4n) is 4.25. The molecule has 3 aromatic rings. The maximum Gasteiger partial charge on any atom is 0.274 e. The lowest BCUT2D eigenvalue weighted by atomic mass is 9.96. The number of benzene rings is 1. The van der Waals surface area contributed by atoms with Gasteiger partial charge in [-0.25, -0.2) is 0 Å². The Bertz CT molecular complexity index is 1090. The number of pyridine rings is 1. The predicted octanol–water partition coefficient (Wildman–Crippen LogP) is 3.76. The van der Waals surface area contributed by atoms with Gasteiger partial charge in [-0.05, 0) is 48.1 Å². The Morgan fingerprint density at radius 1 is 1.15 bits per heavy atom. The van der Waals surface area contributed by atoms with Crippen molar-refractivity contribution < 1.29 is 9.59 Å². The van der Waals surface area contributed by atoms with Crippen LogP contribution in [0.15, 0.2) is 54.9 Å². The third-order valence-corrected chi connectivity index (χ3v) is 6.28. The molecule has 1 fully saturated rings. The highest BCUT2D eigenvalue weighted by atomic mass is 16.2. The van der Waals surface area contributed by atoms with Gasteiger partial charge in [-0.1, -0.05) is 44.2 Å². The Labute approximate surface area is 194 Å². The normalized spacial score (nSPS) is 16.8. The van der Waals surface area contributed by atoms with Crippen molar-refractivity contribution in [2.45, 2.75) is 33.1 Å². The van der Waals surface area contributed by atoms with Crippen LogP contribution in [0.4, 0.5) is 0 Å². The van der Waals surface area contributed by atoms with Gasteiger partial charge in [0.25, 0.3) is 5.91 Å². The molecule has 1 saturated heterocycles. The second kappa shape index (κ2) is 9.98. The number of rotatable bonds is 6. The van der Waals surface area contributed by atoms with E-state index < -0.39 is 0 Å². The first kappa shape index (κ1) is 22.7. The number of likely N-dealkylation sites (N-methyl/N-ethyl adjacent to an activating group) is 1. The molecule has 3 heterocycles. The minimum absolute atomic E-state index is 0.106. The molecule has 1 unspecified atom stereocenters. The molecule has 0 bridgehead atoms. The summed E-state index contributed by atoms with van der Waals surface area (Å²) in [5.74, 6) is -0.0400. The van der Waals surface area contributed by atoms with Gasteiger partial charge in [0.2, 0.25) is 5.91 Å². The number of amides is 2. The molecule has 0 saturated carbocycles. The topological polar surface area (TPSA) is 82.2 Å². The molecule has 0 spiro atoms. The third-order valence-electron chi connectivity index (χ3n) is 6.28. The fraction of sp³-hybridized carbons (Fsp3) is 0.385. The lowest BCUT2D eigenvalue weighted by molar-refractivity contribution is -0.134. The molecule has 7 heteroatoms. The number of carbonyl (C=O) groups is 2. The largest absolute Gasteiger partial charge is 0.341 e. The molecule has 0 radical (unpaired) electrons. The quantitative estimate of drug-likeness (QED) is 0.626. The first-order valence-electron chi connectivity index (χ1n) is 11.6. The van der Waals surface area contributed by atoms with Crippen molar-refractivity contribution in [3.05, 3.63) is 71.8 Å². The molecular formula is C26H31N5O2. The van der Waals surface area contributed by atoms with Crippen LogP contribution in [0, 0.1) is 5.92 Å². The van der Waals surface area contributed by atoms with Gasteiger partial charge in [-0.2, -0.15) is 5.10 Å². The molecule has 2 aromatic heterocycles. The predicted molar refractivity (Wildman–Crippen MR) is 128 cm³/mol. The minimum atomic E-state index is -0.288. The average Bonchev–Trinajstić information content (AvgIpc) is 3.28. The van der Waals surface area contributed by atoms with Crippen LogP contribution in [0.2, 0.25) is 0 Å². The Hall–Kier alpha value is -3.48. The van der Waals surface area contributed by atoms with E-state index in [1.165, 1.54) is 0 Å². The summed E-state index contributed by atoms with van der Waals surface area (Å²) in [6.07, 6.45) is 4.19. The Kier molecular flexibility index (Phi) is 6.87. The molecule has 7 nitrogen and oxygen atoms in total. The monoisotopic (exact) mass is 445 g/mol. The number of carbonyl (C=O) groups excluding carboxylic acids is 2. The van der Waals surface area contributed by atoms with Crippen LogP contribution < -0.4 is 0 Å². The van der Waals surface area contributed by atoms with E-state index in [0.717, 1.165) is 22.4 Å². The molecule has 0 aliphatic carbocycles. The molecule has 1 atom stereocenters. The number of aromatic amines is 1. The highest BCUT2D eigenvalue weighted by Crippen LogP contribution is 2.23. The lowest BCUT2D eigenvalue weighted by Crippen LogP contribution is -2.38. The molecule has 172 valence electrons. The van der Waals surface area contributed by atoms with E-state index in [1.807, 2.05) is 36.2 Å². The maximum absolute atomic E-state index is 13.2. The van der Waals surface area contributed by atoms with Crippen LogP contribution in [0.1, 0.15) is 48.4 Å². The molecule has 1 N–H and O–H groups in total. The molecule has 2 amide bonds. The first-order chi connectivity index (χ1) is 16.0. The van der Waals surface area contributed by atoms with Crippen LogP contribution in [-0.2, 0) is 11.2 Å². The van der Waals surface area contributed by atoms with Gasteiger partial charge in [-0.3, -0.25) is 19.7 Å². The first-order valence-corrected chi connectivity index (χ1v) is 11.6. The van der Waals surface area contributed by atoms with Crippen molar-refractivity contribution in [3.8, 4) is 11.1 Å². The second-order valence-corrected chi connectivity index (χ2v) is 8.87. The number of hydrogen-bond donors (Lipinski definition) is 1. The van der Waals surface area contributed by atoms with E-state index >= 15 is 0 Å². The van der Waals surface area contributed by atoms with Crippen LogP contribution in [0.3, 0.4) is 0 Å². The van der Waals surface area contributed by atoms with Crippen molar-refractivity contribution in [1.29, 1.82) is 0 Å². The average molecular weight is 446 g/mol. The van der Waals surface area contributed by atoms with Crippen molar-refractivity contribution in [2.24, 2.45) is 5.92 Å². The molecule has 4 rings (SSSR count). The third kappa shape index (κ3) is 5.13. The molecular weight excluding hydrogens is 414 g/mol. The van der Waals surface area contributed by atoms with Gasteiger partial charge < -0.3 is 9.80 Å². The van der Waals surface area contributed by atoms with E-state index in [1.54, 1.807) is 11.1 Å². The second-order valence-electron chi connectivity index (χ2n) is 8.87. The van der Waals surface area contributed by atoms with Crippen LogP contribution >= 0.6 is 0 Å². The summed E-state index contributed by atoms with van der Waals surface area (Å²) < 4.78 is 0. The standard InChI is InChI=1S/C26H31N5O2/c1-4-30-12-13-31(26(33)24-15-23(18(2)3)28-29-24)17-22(25(30)32)14-19-7-9-20(10-8-19)21-6-5-11-27-16-21/h5-11,15-16,18,22H,4,12-14,17H2,1-3H3,(H,28,29). The summed E-state index contributed by atoms with van der Waals surface area (Å²) in [7, 11) is 0. The van der Waals surface area contributed by atoms with E-state index in [4.69, 9.17) is 0 Å². The van der Waals surface area contributed by atoms with E-state index in [2.05, 4.69) is 53.3 Å². The van der Waals surface area contributed by atoms with Gasteiger partial charge >= 0.3 is 0 Å².